The third kappa shape index (κ3) is 2.89. The monoisotopic (exact) mass is 382 g/mol. The van der Waals surface area contributed by atoms with Crippen LogP contribution in [0.1, 0.15) is 30.3 Å². The smallest absolute Gasteiger partial charge is 0.150 e. The van der Waals surface area contributed by atoms with Gasteiger partial charge in [-0.2, -0.15) is 0 Å². The number of nitrogens with zero attached hydrogens (tertiary/aromatic N) is 6. The second-order valence-electron chi connectivity index (χ2n) is 6.51. The van der Waals surface area contributed by atoms with Gasteiger partial charge in [0, 0.05) is 36.8 Å². The Hall–Kier alpha value is -2.32. The van der Waals surface area contributed by atoms with Crippen molar-refractivity contribution >= 4 is 38.7 Å². The lowest BCUT2D eigenvalue weighted by Gasteiger charge is -2.33. The van der Waals surface area contributed by atoms with Crippen molar-refractivity contribution in [2.75, 3.05) is 18.0 Å². The molecule has 0 N–H and O–H groups in total. The lowest BCUT2D eigenvalue weighted by molar-refractivity contribution is 0.474. The molecule has 26 heavy (non-hydrogen) atoms. The maximum Gasteiger partial charge on any atom is 0.150 e. The minimum Gasteiger partial charge on any atom is -0.355 e. The Balaban J connectivity index is 1.42. The van der Waals surface area contributed by atoms with E-state index >= 15 is 0 Å². The zero-order chi connectivity index (χ0) is 17.3. The van der Waals surface area contributed by atoms with Crippen LogP contribution in [0.3, 0.4) is 0 Å². The fourth-order valence-electron chi connectivity index (χ4n) is 3.69. The molecule has 0 amide bonds. The first kappa shape index (κ1) is 15.9. The van der Waals surface area contributed by atoms with Crippen LogP contribution in [0.2, 0.25) is 0 Å². The summed E-state index contributed by atoms with van der Waals surface area (Å²) in [6.45, 7) is 2.77. The first-order chi connectivity index (χ1) is 12.9. The van der Waals surface area contributed by atoms with E-state index < -0.39 is 0 Å². The SMILES string of the molecule is c1cn(Cc2cscn2)c(C2CCCN(c3ncnc4ccsc34)C2)n1. The van der Waals surface area contributed by atoms with Crippen LogP contribution in [-0.2, 0) is 6.54 Å². The standard InChI is InChI=1S/C18H18N6S2/c1-2-13(17-19-4-6-24(17)9-14-10-25-12-22-14)8-23(5-1)18-16-15(3-7-26-16)20-11-21-18/h3-4,6-7,10-13H,1-2,5,8-9H2. The first-order valence-electron chi connectivity index (χ1n) is 8.70. The molecular formula is C18H18N6S2. The predicted octanol–water partition coefficient (Wildman–Crippen LogP) is 3.78. The summed E-state index contributed by atoms with van der Waals surface area (Å²) in [5.41, 5.74) is 4.01. The molecule has 5 heterocycles. The fraction of sp³-hybridized carbons (Fsp3) is 0.333. The van der Waals surface area contributed by atoms with Gasteiger partial charge in [0.05, 0.1) is 28.0 Å². The van der Waals surface area contributed by atoms with Gasteiger partial charge in [-0.05, 0) is 24.3 Å². The van der Waals surface area contributed by atoms with Crippen molar-refractivity contribution in [3.8, 4) is 0 Å². The van der Waals surface area contributed by atoms with E-state index in [9.17, 15) is 0 Å². The molecule has 1 aliphatic heterocycles. The largest absolute Gasteiger partial charge is 0.355 e. The number of rotatable bonds is 4. The minimum absolute atomic E-state index is 0.405. The van der Waals surface area contributed by atoms with Gasteiger partial charge in [-0.15, -0.1) is 22.7 Å². The summed E-state index contributed by atoms with van der Waals surface area (Å²) in [6.07, 6.45) is 7.95. The van der Waals surface area contributed by atoms with Crippen LogP contribution in [0.25, 0.3) is 10.2 Å². The molecule has 0 aromatic carbocycles. The van der Waals surface area contributed by atoms with Gasteiger partial charge < -0.3 is 9.47 Å². The Labute approximate surface area is 159 Å². The van der Waals surface area contributed by atoms with E-state index in [0.29, 0.717) is 5.92 Å². The van der Waals surface area contributed by atoms with Crippen molar-refractivity contribution in [3.63, 3.8) is 0 Å². The maximum atomic E-state index is 4.68. The summed E-state index contributed by atoms with van der Waals surface area (Å²) in [6, 6.07) is 2.06. The summed E-state index contributed by atoms with van der Waals surface area (Å²) in [4.78, 5) is 20.5. The molecule has 1 fully saturated rings. The maximum absolute atomic E-state index is 4.68. The average molecular weight is 383 g/mol. The van der Waals surface area contributed by atoms with Crippen LogP contribution in [0, 0.1) is 0 Å². The van der Waals surface area contributed by atoms with Gasteiger partial charge in [0.1, 0.15) is 18.0 Å². The summed E-state index contributed by atoms with van der Waals surface area (Å²) in [5.74, 6) is 2.62. The fourth-order valence-corrected chi connectivity index (χ4v) is 5.10. The molecule has 132 valence electrons. The molecular weight excluding hydrogens is 364 g/mol. The lowest BCUT2D eigenvalue weighted by Crippen LogP contribution is -2.36. The average Bonchev–Trinajstić information content (AvgIpc) is 3.43. The summed E-state index contributed by atoms with van der Waals surface area (Å²) < 4.78 is 3.42. The number of hydrogen-bond donors (Lipinski definition) is 0. The van der Waals surface area contributed by atoms with Gasteiger partial charge in [-0.1, -0.05) is 0 Å². The number of aromatic nitrogens is 5. The van der Waals surface area contributed by atoms with Gasteiger partial charge in [0.2, 0.25) is 0 Å². The lowest BCUT2D eigenvalue weighted by atomic mass is 9.97. The molecule has 1 atom stereocenters. The van der Waals surface area contributed by atoms with E-state index in [4.69, 9.17) is 0 Å². The predicted molar refractivity (Wildman–Crippen MR) is 105 cm³/mol. The van der Waals surface area contributed by atoms with Crippen LogP contribution in [0.5, 0.6) is 0 Å². The van der Waals surface area contributed by atoms with E-state index in [1.54, 1.807) is 29.0 Å². The zero-order valence-corrected chi connectivity index (χ0v) is 15.8. The van der Waals surface area contributed by atoms with Crippen molar-refractivity contribution in [1.82, 2.24) is 24.5 Å². The molecule has 4 aromatic heterocycles. The van der Waals surface area contributed by atoms with Gasteiger partial charge in [0.15, 0.2) is 0 Å². The Kier molecular flexibility index (Phi) is 4.14. The quantitative estimate of drug-likeness (QED) is 0.538. The highest BCUT2D eigenvalue weighted by atomic mass is 32.1. The van der Waals surface area contributed by atoms with E-state index in [0.717, 1.165) is 55.3 Å². The molecule has 1 unspecified atom stereocenters. The van der Waals surface area contributed by atoms with Crippen LogP contribution in [-0.4, -0.2) is 37.6 Å². The molecule has 5 rings (SSSR count). The molecule has 0 aliphatic carbocycles. The third-order valence-electron chi connectivity index (χ3n) is 4.87. The molecule has 0 saturated carbocycles. The normalized spacial score (nSPS) is 17.8. The Morgan fingerprint density at radius 3 is 3.12 bits per heavy atom. The van der Waals surface area contributed by atoms with Gasteiger partial charge in [0.25, 0.3) is 0 Å². The summed E-state index contributed by atoms with van der Waals surface area (Å²) in [7, 11) is 0. The minimum atomic E-state index is 0.405. The van der Waals surface area contributed by atoms with E-state index in [1.807, 2.05) is 11.7 Å². The Morgan fingerprint density at radius 1 is 1.19 bits per heavy atom. The Bertz CT molecular complexity index is 1010. The van der Waals surface area contributed by atoms with Crippen LogP contribution < -0.4 is 4.90 Å². The zero-order valence-electron chi connectivity index (χ0n) is 14.2. The molecule has 8 heteroatoms. The molecule has 1 saturated heterocycles. The number of hydrogen-bond acceptors (Lipinski definition) is 7. The highest BCUT2D eigenvalue weighted by Gasteiger charge is 2.26. The van der Waals surface area contributed by atoms with Gasteiger partial charge in [-0.3, -0.25) is 0 Å². The summed E-state index contributed by atoms with van der Waals surface area (Å²) >= 11 is 3.35. The van der Waals surface area contributed by atoms with Crippen molar-refractivity contribution in [3.05, 3.63) is 52.6 Å². The third-order valence-corrected chi connectivity index (χ3v) is 6.41. The topological polar surface area (TPSA) is 59.7 Å². The number of anilines is 1. The van der Waals surface area contributed by atoms with E-state index in [-0.39, 0.29) is 0 Å². The van der Waals surface area contributed by atoms with Gasteiger partial charge in [-0.25, -0.2) is 19.9 Å². The number of thiazole rings is 1. The van der Waals surface area contributed by atoms with Crippen LogP contribution >= 0.6 is 22.7 Å². The van der Waals surface area contributed by atoms with E-state index in [2.05, 4.69) is 52.4 Å². The van der Waals surface area contributed by atoms with Gasteiger partial charge >= 0.3 is 0 Å². The number of fused-ring (bicyclic) bond motifs is 1. The van der Waals surface area contributed by atoms with Crippen molar-refractivity contribution in [2.45, 2.75) is 25.3 Å². The second-order valence-corrected chi connectivity index (χ2v) is 8.15. The molecule has 0 radical (unpaired) electrons. The molecule has 6 nitrogen and oxygen atoms in total. The molecule has 0 bridgehead atoms. The molecule has 0 spiro atoms. The number of thiophene rings is 1. The molecule has 1 aliphatic rings. The van der Waals surface area contributed by atoms with Crippen LogP contribution in [0.15, 0.2) is 41.1 Å². The molecule has 4 aromatic rings. The Morgan fingerprint density at radius 2 is 2.19 bits per heavy atom. The summed E-state index contributed by atoms with van der Waals surface area (Å²) in [5, 5.41) is 4.19. The first-order valence-corrected chi connectivity index (χ1v) is 10.5. The highest BCUT2D eigenvalue weighted by Crippen LogP contribution is 2.33. The number of imidazole rings is 1. The van der Waals surface area contributed by atoms with Crippen molar-refractivity contribution < 1.29 is 0 Å². The van der Waals surface area contributed by atoms with Crippen molar-refractivity contribution in [1.29, 1.82) is 0 Å². The van der Waals surface area contributed by atoms with Crippen LogP contribution in [0.4, 0.5) is 5.82 Å². The number of piperidine rings is 1. The van der Waals surface area contributed by atoms with Crippen molar-refractivity contribution in [2.24, 2.45) is 0 Å². The highest BCUT2D eigenvalue weighted by molar-refractivity contribution is 7.17. The van der Waals surface area contributed by atoms with E-state index in [1.165, 1.54) is 4.70 Å². The second kappa shape index (κ2) is 6.77.